The molecule has 12 heavy (non-hydrogen) atoms. The summed E-state index contributed by atoms with van der Waals surface area (Å²) in [6, 6.07) is 0. The highest BCUT2D eigenvalue weighted by Gasteiger charge is 2.18. The van der Waals surface area contributed by atoms with Crippen molar-refractivity contribution in [2.45, 2.75) is 39.1 Å². The van der Waals surface area contributed by atoms with Gasteiger partial charge >= 0.3 is 0 Å². The molecule has 0 aliphatic carbocycles. The second-order valence-corrected chi connectivity index (χ2v) is 3.40. The van der Waals surface area contributed by atoms with E-state index in [4.69, 9.17) is 9.84 Å². The first-order valence-corrected chi connectivity index (χ1v) is 3.87. The minimum Gasteiger partial charge on any atom is -0.438 e. The third kappa shape index (κ3) is 6.12. The number of hydrogen-bond acceptors (Lipinski definition) is 4. The highest BCUT2D eigenvalue weighted by Crippen LogP contribution is 2.13. The van der Waals surface area contributed by atoms with Gasteiger partial charge in [0.05, 0.1) is 5.60 Å². The smallest absolute Gasteiger partial charge is 0.295 e. The number of ether oxygens (including phenoxy) is 2. The molecule has 0 heterocycles. The van der Waals surface area contributed by atoms with Gasteiger partial charge in [-0.1, -0.05) is 0 Å². The maximum Gasteiger partial charge on any atom is 0.295 e. The Bertz CT molecular complexity index is 128. The molecule has 4 heteroatoms. The van der Waals surface area contributed by atoms with Crippen molar-refractivity contribution in [1.29, 1.82) is 0 Å². The highest BCUT2D eigenvalue weighted by molar-refractivity contribution is 5.37. The molecular formula is C8H16O4. The monoisotopic (exact) mass is 176 g/mol. The van der Waals surface area contributed by atoms with Crippen LogP contribution < -0.4 is 0 Å². The Balaban J connectivity index is 3.85. The fourth-order valence-corrected chi connectivity index (χ4v) is 0.716. The molecule has 0 rings (SSSR count). The average Bonchev–Trinajstić information content (AvgIpc) is 1.84. The summed E-state index contributed by atoms with van der Waals surface area (Å²) in [5.74, 6) is 0. The molecule has 0 spiro atoms. The first-order valence-electron chi connectivity index (χ1n) is 3.87. The van der Waals surface area contributed by atoms with Crippen molar-refractivity contribution in [3.63, 3.8) is 0 Å². The molecule has 0 aromatic carbocycles. The fourth-order valence-electron chi connectivity index (χ4n) is 0.716. The number of carbonyl (C=O) groups is 1. The lowest BCUT2D eigenvalue weighted by Gasteiger charge is -2.25. The van der Waals surface area contributed by atoms with E-state index in [2.05, 4.69) is 4.74 Å². The van der Waals surface area contributed by atoms with Gasteiger partial charge in [0, 0.05) is 13.0 Å². The van der Waals surface area contributed by atoms with Gasteiger partial charge < -0.3 is 14.6 Å². The van der Waals surface area contributed by atoms with E-state index in [1.54, 1.807) is 0 Å². The van der Waals surface area contributed by atoms with E-state index in [9.17, 15) is 4.79 Å². The molecule has 0 amide bonds. The Kier molecular flexibility index (Phi) is 4.85. The largest absolute Gasteiger partial charge is 0.438 e. The fraction of sp³-hybridized carbons (Fsp3) is 0.875. The van der Waals surface area contributed by atoms with Crippen LogP contribution in [0.25, 0.3) is 0 Å². The van der Waals surface area contributed by atoms with Crippen molar-refractivity contribution in [1.82, 2.24) is 0 Å². The van der Waals surface area contributed by atoms with Crippen molar-refractivity contribution in [2.75, 3.05) is 6.61 Å². The van der Waals surface area contributed by atoms with Crippen LogP contribution in [0.5, 0.6) is 0 Å². The minimum atomic E-state index is -0.646. The maximum atomic E-state index is 9.99. The summed E-state index contributed by atoms with van der Waals surface area (Å²) in [6.07, 6.45) is -0.344. The van der Waals surface area contributed by atoms with Gasteiger partial charge in [0.2, 0.25) is 6.29 Å². The van der Waals surface area contributed by atoms with Gasteiger partial charge in [-0.15, -0.1) is 0 Å². The molecule has 0 aromatic heterocycles. The summed E-state index contributed by atoms with van der Waals surface area (Å²) in [5, 5.41) is 8.58. The second kappa shape index (κ2) is 5.11. The zero-order valence-corrected chi connectivity index (χ0v) is 7.74. The molecule has 1 atom stereocenters. The summed E-state index contributed by atoms with van der Waals surface area (Å²) < 4.78 is 9.90. The number of carbonyl (C=O) groups excluding carboxylic acids is 1. The SMILES string of the molecule is CC(C)(C)OC(CCO)OC=O. The Hall–Kier alpha value is -0.610. The Morgan fingerprint density at radius 3 is 2.42 bits per heavy atom. The molecule has 72 valence electrons. The van der Waals surface area contributed by atoms with Crippen LogP contribution in [0, 0.1) is 0 Å². The zero-order chi connectivity index (χ0) is 9.61. The summed E-state index contributed by atoms with van der Waals surface area (Å²) >= 11 is 0. The van der Waals surface area contributed by atoms with Crippen molar-refractivity contribution < 1.29 is 19.4 Å². The van der Waals surface area contributed by atoms with Gasteiger partial charge in [-0.25, -0.2) is 0 Å². The second-order valence-electron chi connectivity index (χ2n) is 3.40. The summed E-state index contributed by atoms with van der Waals surface area (Å²) in [7, 11) is 0. The molecule has 0 aliphatic heterocycles. The molecule has 0 fully saturated rings. The lowest BCUT2D eigenvalue weighted by molar-refractivity contribution is -0.195. The normalized spacial score (nSPS) is 14.0. The predicted molar refractivity (Wildman–Crippen MR) is 43.5 cm³/mol. The number of aliphatic hydroxyl groups excluding tert-OH is 1. The van der Waals surface area contributed by atoms with Crippen molar-refractivity contribution >= 4 is 6.47 Å². The molecule has 0 saturated carbocycles. The molecule has 0 saturated heterocycles. The van der Waals surface area contributed by atoms with Crippen LogP contribution in [0.3, 0.4) is 0 Å². The van der Waals surface area contributed by atoms with E-state index in [0.29, 0.717) is 12.9 Å². The van der Waals surface area contributed by atoms with Crippen LogP contribution in [0.2, 0.25) is 0 Å². The van der Waals surface area contributed by atoms with Gasteiger partial charge in [-0.3, -0.25) is 4.79 Å². The Morgan fingerprint density at radius 1 is 1.50 bits per heavy atom. The van der Waals surface area contributed by atoms with Crippen LogP contribution in [0.4, 0.5) is 0 Å². The number of hydrogen-bond donors (Lipinski definition) is 1. The van der Waals surface area contributed by atoms with Gasteiger partial charge in [0.1, 0.15) is 0 Å². The quantitative estimate of drug-likeness (QED) is 0.494. The molecule has 0 bridgehead atoms. The van der Waals surface area contributed by atoms with Crippen LogP contribution >= 0.6 is 0 Å². The molecule has 0 aliphatic rings. The number of rotatable bonds is 5. The predicted octanol–water partition coefficient (Wildman–Crippen LogP) is 0.683. The lowest BCUT2D eigenvalue weighted by atomic mass is 10.2. The molecular weight excluding hydrogens is 160 g/mol. The van der Waals surface area contributed by atoms with Crippen LogP contribution in [-0.4, -0.2) is 30.1 Å². The van der Waals surface area contributed by atoms with Crippen molar-refractivity contribution in [3.8, 4) is 0 Å². The third-order valence-electron chi connectivity index (χ3n) is 1.06. The van der Waals surface area contributed by atoms with Gasteiger partial charge in [0.15, 0.2) is 0 Å². The standard InChI is InChI=1S/C8H16O4/c1-8(2,3)12-7(4-5-9)11-6-10/h6-7,9H,4-5H2,1-3H3. The van der Waals surface area contributed by atoms with E-state index in [1.807, 2.05) is 20.8 Å². The van der Waals surface area contributed by atoms with Crippen LogP contribution in [0.1, 0.15) is 27.2 Å². The minimum absolute atomic E-state index is 0.0609. The molecule has 4 nitrogen and oxygen atoms in total. The topological polar surface area (TPSA) is 55.8 Å². The van der Waals surface area contributed by atoms with Gasteiger partial charge in [-0.2, -0.15) is 0 Å². The average molecular weight is 176 g/mol. The van der Waals surface area contributed by atoms with Crippen LogP contribution in [0.15, 0.2) is 0 Å². The molecule has 1 unspecified atom stereocenters. The van der Waals surface area contributed by atoms with Crippen molar-refractivity contribution in [3.05, 3.63) is 0 Å². The van der Waals surface area contributed by atoms with Gasteiger partial charge in [-0.05, 0) is 20.8 Å². The third-order valence-corrected chi connectivity index (χ3v) is 1.06. The number of aliphatic hydroxyl groups is 1. The summed E-state index contributed by atoms with van der Waals surface area (Å²) in [6.45, 7) is 5.82. The first kappa shape index (κ1) is 11.4. The lowest BCUT2D eigenvalue weighted by Crippen LogP contribution is -2.29. The summed E-state index contributed by atoms with van der Waals surface area (Å²) in [4.78, 5) is 9.99. The molecule has 1 N–H and O–H groups in total. The van der Waals surface area contributed by atoms with E-state index in [0.717, 1.165) is 0 Å². The highest BCUT2D eigenvalue weighted by atomic mass is 16.7. The summed E-state index contributed by atoms with van der Waals surface area (Å²) in [5.41, 5.74) is -0.372. The Labute approximate surface area is 72.5 Å². The van der Waals surface area contributed by atoms with E-state index in [1.165, 1.54) is 0 Å². The molecule has 0 aromatic rings. The van der Waals surface area contributed by atoms with Gasteiger partial charge in [0.25, 0.3) is 6.47 Å². The van der Waals surface area contributed by atoms with E-state index in [-0.39, 0.29) is 12.2 Å². The first-order chi connectivity index (χ1) is 5.49. The molecule has 0 radical (unpaired) electrons. The zero-order valence-electron chi connectivity index (χ0n) is 7.74. The van der Waals surface area contributed by atoms with Crippen molar-refractivity contribution in [2.24, 2.45) is 0 Å². The van der Waals surface area contributed by atoms with E-state index >= 15 is 0 Å². The van der Waals surface area contributed by atoms with E-state index < -0.39 is 6.29 Å². The Morgan fingerprint density at radius 2 is 2.08 bits per heavy atom. The van der Waals surface area contributed by atoms with Crippen LogP contribution in [-0.2, 0) is 14.3 Å². The maximum absolute atomic E-state index is 9.99.